The van der Waals surface area contributed by atoms with Crippen LogP contribution in [0.4, 0.5) is 17.6 Å². The predicted octanol–water partition coefficient (Wildman–Crippen LogP) is 4.60. The van der Waals surface area contributed by atoms with E-state index in [0.717, 1.165) is 12.1 Å². The van der Waals surface area contributed by atoms with Gasteiger partial charge in [0.05, 0.1) is 17.0 Å². The summed E-state index contributed by atoms with van der Waals surface area (Å²) in [7, 11) is 0. The molecule has 2 aliphatic heterocycles. The summed E-state index contributed by atoms with van der Waals surface area (Å²) in [6, 6.07) is 11.6. The van der Waals surface area contributed by atoms with E-state index in [-0.39, 0.29) is 37.7 Å². The van der Waals surface area contributed by atoms with Gasteiger partial charge in [-0.3, -0.25) is 24.8 Å². The van der Waals surface area contributed by atoms with Crippen molar-refractivity contribution in [3.05, 3.63) is 77.0 Å². The minimum absolute atomic E-state index is 0.0758. The number of imide groups is 1. The highest BCUT2D eigenvalue weighted by molar-refractivity contribution is 6.01. The Hall–Kier alpha value is -3.37. The zero-order chi connectivity index (χ0) is 27.3. The Bertz CT molecular complexity index is 1390. The fraction of sp³-hybridized carbons (Fsp3) is 0.393. The molecule has 0 spiro atoms. The van der Waals surface area contributed by atoms with E-state index in [1.807, 2.05) is 0 Å². The Morgan fingerprint density at radius 1 is 1.13 bits per heavy atom. The highest BCUT2D eigenvalue weighted by atomic mass is 19.4. The van der Waals surface area contributed by atoms with Crippen molar-refractivity contribution in [2.75, 3.05) is 13.1 Å². The van der Waals surface area contributed by atoms with Crippen molar-refractivity contribution < 1.29 is 32.3 Å². The Morgan fingerprint density at radius 2 is 1.87 bits per heavy atom. The second-order valence-electron chi connectivity index (χ2n) is 10.4. The molecule has 1 aromatic heterocycles. The quantitative estimate of drug-likeness (QED) is 0.382. The highest BCUT2D eigenvalue weighted by Crippen LogP contribution is 2.44. The van der Waals surface area contributed by atoms with Crippen LogP contribution >= 0.6 is 0 Å². The number of hydrogen-bond acceptors (Lipinski definition) is 5. The number of likely N-dealkylation sites (tertiary alicyclic amines) is 1. The Kier molecular flexibility index (Phi) is 6.51. The molecule has 2 aromatic carbocycles. The number of piperidine rings is 2. The van der Waals surface area contributed by atoms with E-state index in [0.29, 0.717) is 40.6 Å². The van der Waals surface area contributed by atoms with E-state index in [9.17, 15) is 27.9 Å². The van der Waals surface area contributed by atoms with Crippen molar-refractivity contribution in [1.29, 1.82) is 0 Å². The number of rotatable bonds is 4. The first-order valence-electron chi connectivity index (χ1n) is 12.4. The summed E-state index contributed by atoms with van der Waals surface area (Å²) in [5.74, 6) is -1.21. The number of fused-ring (bicyclic) bond motifs is 1. The first-order valence-corrected chi connectivity index (χ1v) is 12.4. The molecule has 0 unspecified atom stereocenters. The van der Waals surface area contributed by atoms with Crippen LogP contribution in [0.15, 0.2) is 54.7 Å². The third-order valence-electron chi connectivity index (χ3n) is 7.68. The zero-order valence-corrected chi connectivity index (χ0v) is 20.7. The van der Waals surface area contributed by atoms with E-state index < -0.39 is 28.9 Å². The summed E-state index contributed by atoms with van der Waals surface area (Å²) in [6.45, 7) is 1.81. The van der Waals surface area contributed by atoms with E-state index in [4.69, 9.17) is 0 Å². The van der Waals surface area contributed by atoms with Gasteiger partial charge in [0, 0.05) is 37.6 Å². The van der Waals surface area contributed by atoms with Gasteiger partial charge in [0.25, 0.3) is 0 Å². The normalized spacial score (nSPS) is 26.9. The lowest BCUT2D eigenvalue weighted by molar-refractivity contribution is -0.148. The van der Waals surface area contributed by atoms with E-state index in [2.05, 4.69) is 10.3 Å². The van der Waals surface area contributed by atoms with Crippen LogP contribution in [0.25, 0.3) is 10.9 Å². The summed E-state index contributed by atoms with van der Waals surface area (Å²) in [4.78, 5) is 30.0. The summed E-state index contributed by atoms with van der Waals surface area (Å²) < 4.78 is 54.6. The van der Waals surface area contributed by atoms with Gasteiger partial charge in [0.15, 0.2) is 5.67 Å². The number of carbonyl (C=O) groups is 2. The molecule has 0 aliphatic carbocycles. The lowest BCUT2D eigenvalue weighted by Gasteiger charge is -2.47. The largest absolute Gasteiger partial charge is 0.416 e. The van der Waals surface area contributed by atoms with E-state index >= 15 is 4.39 Å². The monoisotopic (exact) mass is 529 g/mol. The van der Waals surface area contributed by atoms with Crippen molar-refractivity contribution in [2.45, 2.75) is 56.1 Å². The molecule has 0 saturated carbocycles. The lowest BCUT2D eigenvalue weighted by Crippen LogP contribution is -2.58. The molecule has 200 valence electrons. The predicted molar refractivity (Wildman–Crippen MR) is 132 cm³/mol. The van der Waals surface area contributed by atoms with Gasteiger partial charge < -0.3 is 5.11 Å². The molecule has 3 atom stereocenters. The van der Waals surface area contributed by atoms with Crippen LogP contribution in [0.3, 0.4) is 0 Å². The van der Waals surface area contributed by atoms with Crippen molar-refractivity contribution >= 4 is 22.7 Å². The average molecular weight is 530 g/mol. The smallest absolute Gasteiger partial charge is 0.382 e. The van der Waals surface area contributed by atoms with Gasteiger partial charge in [0.1, 0.15) is 5.60 Å². The van der Waals surface area contributed by atoms with Gasteiger partial charge in [-0.05, 0) is 66.8 Å². The maximum Gasteiger partial charge on any atom is 0.416 e. The van der Waals surface area contributed by atoms with Gasteiger partial charge in [-0.15, -0.1) is 0 Å². The molecule has 0 radical (unpaired) electrons. The van der Waals surface area contributed by atoms with E-state index in [1.54, 1.807) is 35.4 Å². The van der Waals surface area contributed by atoms with Crippen LogP contribution in [0, 0.1) is 0 Å². The molecule has 2 aliphatic rings. The molecule has 10 heteroatoms. The van der Waals surface area contributed by atoms with Crippen LogP contribution in [0.2, 0.25) is 0 Å². The van der Waals surface area contributed by atoms with E-state index in [1.165, 1.54) is 19.1 Å². The van der Waals surface area contributed by atoms with Crippen molar-refractivity contribution in [2.24, 2.45) is 0 Å². The highest BCUT2D eigenvalue weighted by Gasteiger charge is 2.52. The fourth-order valence-electron chi connectivity index (χ4n) is 5.46. The lowest BCUT2D eigenvalue weighted by atomic mass is 9.74. The number of pyridine rings is 1. The molecule has 2 saturated heterocycles. The first-order chi connectivity index (χ1) is 17.9. The second kappa shape index (κ2) is 9.43. The summed E-state index contributed by atoms with van der Waals surface area (Å²) in [5, 5.41) is 14.6. The Labute approximate surface area is 216 Å². The number of nitrogens with one attached hydrogen (secondary N) is 1. The number of nitrogens with zero attached hydrogens (tertiary/aromatic N) is 2. The van der Waals surface area contributed by atoms with Crippen molar-refractivity contribution in [1.82, 2.24) is 15.2 Å². The fourth-order valence-corrected chi connectivity index (χ4v) is 5.46. The van der Waals surface area contributed by atoms with Crippen LogP contribution in [-0.4, -0.2) is 45.6 Å². The number of halogens is 4. The number of benzene rings is 2. The van der Waals surface area contributed by atoms with Gasteiger partial charge in [-0.1, -0.05) is 18.2 Å². The first kappa shape index (κ1) is 26.2. The minimum Gasteiger partial charge on any atom is -0.382 e. The second-order valence-corrected chi connectivity index (χ2v) is 10.4. The minimum atomic E-state index is -4.42. The third kappa shape index (κ3) is 4.90. The molecular weight excluding hydrogens is 502 g/mol. The molecule has 38 heavy (non-hydrogen) atoms. The maximum atomic E-state index is 16.1. The number of amides is 2. The maximum absolute atomic E-state index is 16.1. The molecule has 2 fully saturated rings. The molecule has 2 N–H and O–H groups in total. The van der Waals surface area contributed by atoms with Crippen molar-refractivity contribution in [3.8, 4) is 0 Å². The third-order valence-corrected chi connectivity index (χ3v) is 7.68. The topological polar surface area (TPSA) is 82.5 Å². The molecule has 5 rings (SSSR count). The summed E-state index contributed by atoms with van der Waals surface area (Å²) in [6.07, 6.45) is -2.14. The standard InChI is InChI=1S/C28H27F4N3O3/c1-26(29)16-35(15-17-2-4-20(5-3-17)28(30,31)32)11-10-27(26,38)21-6-8-23-18(13-21)12-19(14-33-23)22-7-9-24(36)34-25(22)37/h2-6,8,12-14,22,38H,7,9-11,15-16H2,1H3,(H,34,36,37)/t22-,26+,27+/m0/s1. The summed E-state index contributed by atoms with van der Waals surface area (Å²) >= 11 is 0. The molecule has 3 heterocycles. The van der Waals surface area contributed by atoms with Gasteiger partial charge in [-0.2, -0.15) is 13.2 Å². The number of alkyl halides is 4. The Morgan fingerprint density at radius 3 is 2.53 bits per heavy atom. The van der Waals surface area contributed by atoms with Crippen molar-refractivity contribution in [3.63, 3.8) is 0 Å². The molecular formula is C28H27F4N3O3. The van der Waals surface area contributed by atoms with Crippen LogP contribution in [0.5, 0.6) is 0 Å². The SMILES string of the molecule is C[C@@]1(F)CN(Cc2ccc(C(F)(F)F)cc2)CC[C@@]1(O)c1ccc2ncc([C@@H]3CCC(=O)NC3=O)cc2c1. The number of aromatic nitrogens is 1. The van der Waals surface area contributed by atoms with Crippen LogP contribution in [0.1, 0.15) is 54.4 Å². The molecule has 0 bridgehead atoms. The van der Waals surface area contributed by atoms with Crippen LogP contribution in [-0.2, 0) is 27.9 Å². The van der Waals surface area contributed by atoms with Crippen LogP contribution < -0.4 is 5.32 Å². The molecule has 3 aromatic rings. The number of carbonyl (C=O) groups excluding carboxylic acids is 2. The molecule has 6 nitrogen and oxygen atoms in total. The zero-order valence-electron chi connectivity index (χ0n) is 20.7. The number of hydrogen-bond donors (Lipinski definition) is 2. The number of aliphatic hydroxyl groups is 1. The molecule has 2 amide bonds. The Balaban J connectivity index is 1.36. The summed E-state index contributed by atoms with van der Waals surface area (Å²) in [5.41, 5.74) is -2.34. The van der Waals surface area contributed by atoms with Gasteiger partial charge >= 0.3 is 6.18 Å². The van der Waals surface area contributed by atoms with Gasteiger partial charge in [0.2, 0.25) is 11.8 Å². The average Bonchev–Trinajstić information content (AvgIpc) is 2.85. The van der Waals surface area contributed by atoms with Gasteiger partial charge in [-0.25, -0.2) is 4.39 Å².